The van der Waals surface area contributed by atoms with Crippen molar-refractivity contribution in [3.63, 3.8) is 0 Å². The van der Waals surface area contributed by atoms with Gasteiger partial charge in [-0.2, -0.15) is 0 Å². The van der Waals surface area contributed by atoms with E-state index >= 15 is 0 Å². The van der Waals surface area contributed by atoms with E-state index in [-0.39, 0.29) is 5.91 Å². The highest BCUT2D eigenvalue weighted by Gasteiger charge is 2.13. The summed E-state index contributed by atoms with van der Waals surface area (Å²) in [6, 6.07) is 7.21. The molecule has 2 nitrogen and oxygen atoms in total. The van der Waals surface area contributed by atoms with E-state index in [4.69, 9.17) is 0 Å². The summed E-state index contributed by atoms with van der Waals surface area (Å²) in [6.45, 7) is 2.15. The summed E-state index contributed by atoms with van der Waals surface area (Å²) in [5, 5.41) is 1.91. The predicted octanol–water partition coefficient (Wildman–Crippen LogP) is 4.09. The summed E-state index contributed by atoms with van der Waals surface area (Å²) in [6.07, 6.45) is 3.13. The van der Waals surface area contributed by atoms with Crippen LogP contribution < -0.4 is 4.90 Å². The first-order valence-electron chi connectivity index (χ1n) is 6.10. The number of nitrogens with zero attached hydrogens (tertiary/aromatic N) is 1. The zero-order chi connectivity index (χ0) is 14.5. The Morgan fingerprint density at radius 3 is 2.70 bits per heavy atom. The first-order chi connectivity index (χ1) is 9.61. The number of carbonyl (C=O) groups is 1. The summed E-state index contributed by atoms with van der Waals surface area (Å²) >= 11 is 1.52. The van der Waals surface area contributed by atoms with E-state index in [1.165, 1.54) is 28.4 Å². The van der Waals surface area contributed by atoms with Gasteiger partial charge in [-0.25, -0.2) is 8.78 Å². The Morgan fingerprint density at radius 1 is 1.30 bits per heavy atom. The largest absolute Gasteiger partial charge is 0.309 e. The summed E-state index contributed by atoms with van der Waals surface area (Å²) < 4.78 is 26.1. The van der Waals surface area contributed by atoms with Crippen molar-refractivity contribution in [2.45, 2.75) is 6.92 Å². The quantitative estimate of drug-likeness (QED) is 0.777. The molecule has 2 rings (SSSR count). The maximum atomic E-state index is 13.2. The number of benzene rings is 1. The molecule has 0 bridgehead atoms. The molecule has 0 aliphatic heterocycles. The van der Waals surface area contributed by atoms with Gasteiger partial charge in [0.05, 0.1) is 0 Å². The number of carbonyl (C=O) groups excluding carboxylic acids is 1. The van der Waals surface area contributed by atoms with Crippen LogP contribution >= 0.6 is 11.3 Å². The maximum Gasteiger partial charge on any atom is 0.251 e. The van der Waals surface area contributed by atoms with Gasteiger partial charge in [0.1, 0.15) is 0 Å². The molecule has 1 aromatic carbocycles. The second-order valence-corrected chi connectivity index (χ2v) is 5.01. The third-order valence-corrected chi connectivity index (χ3v) is 3.57. The van der Waals surface area contributed by atoms with Crippen LogP contribution in [0.5, 0.6) is 0 Å². The lowest BCUT2D eigenvalue weighted by Crippen LogP contribution is -2.28. The van der Waals surface area contributed by atoms with Crippen LogP contribution in [-0.2, 0) is 4.79 Å². The van der Waals surface area contributed by atoms with E-state index in [1.54, 1.807) is 13.0 Å². The van der Waals surface area contributed by atoms with E-state index in [9.17, 15) is 13.6 Å². The average Bonchev–Trinajstić information content (AvgIpc) is 2.94. The summed E-state index contributed by atoms with van der Waals surface area (Å²) in [5.41, 5.74) is 0.340. The second kappa shape index (κ2) is 6.43. The molecule has 0 unspecified atom stereocenters. The summed E-state index contributed by atoms with van der Waals surface area (Å²) in [5.74, 6) is -2.16. The molecule has 0 saturated carbocycles. The van der Waals surface area contributed by atoms with E-state index < -0.39 is 11.6 Å². The SMILES string of the molecule is CCN(C(=O)/C=C/c1cccs1)c1ccc(F)c(F)c1. The van der Waals surface area contributed by atoms with Gasteiger partial charge in [0.2, 0.25) is 0 Å². The Labute approximate surface area is 120 Å². The number of hydrogen-bond acceptors (Lipinski definition) is 2. The molecule has 0 atom stereocenters. The van der Waals surface area contributed by atoms with Gasteiger partial charge < -0.3 is 4.90 Å². The molecule has 0 radical (unpaired) electrons. The van der Waals surface area contributed by atoms with Gasteiger partial charge in [0.15, 0.2) is 11.6 Å². The number of halogens is 2. The van der Waals surface area contributed by atoms with Crippen molar-refractivity contribution in [1.82, 2.24) is 0 Å². The number of likely N-dealkylation sites (N-methyl/N-ethyl adjacent to an activating group) is 1. The Bertz CT molecular complexity index is 623. The average molecular weight is 293 g/mol. The maximum absolute atomic E-state index is 13.2. The van der Waals surface area contributed by atoms with Crippen molar-refractivity contribution >= 4 is 29.0 Å². The predicted molar refractivity (Wildman–Crippen MR) is 77.7 cm³/mol. The highest BCUT2D eigenvalue weighted by atomic mass is 32.1. The van der Waals surface area contributed by atoms with Gasteiger partial charge in [-0.1, -0.05) is 6.07 Å². The molecule has 0 N–H and O–H groups in total. The molecule has 1 heterocycles. The Kier molecular flexibility index (Phi) is 4.63. The molecule has 1 aromatic heterocycles. The first kappa shape index (κ1) is 14.4. The van der Waals surface area contributed by atoms with Crippen LogP contribution in [0.25, 0.3) is 6.08 Å². The second-order valence-electron chi connectivity index (χ2n) is 4.03. The number of anilines is 1. The van der Waals surface area contributed by atoms with Crippen molar-refractivity contribution in [2.24, 2.45) is 0 Å². The van der Waals surface area contributed by atoms with Crippen LogP contribution in [0.3, 0.4) is 0 Å². The van der Waals surface area contributed by atoms with Gasteiger partial charge in [0, 0.05) is 29.3 Å². The third-order valence-electron chi connectivity index (χ3n) is 2.73. The monoisotopic (exact) mass is 293 g/mol. The first-order valence-corrected chi connectivity index (χ1v) is 6.98. The third kappa shape index (κ3) is 3.30. The smallest absolute Gasteiger partial charge is 0.251 e. The fraction of sp³-hybridized carbons (Fsp3) is 0.133. The van der Waals surface area contributed by atoms with Crippen molar-refractivity contribution in [3.05, 3.63) is 58.3 Å². The molecular formula is C15H13F2NOS. The van der Waals surface area contributed by atoms with E-state index in [0.717, 1.165) is 17.0 Å². The number of rotatable bonds is 4. The van der Waals surface area contributed by atoms with Gasteiger partial charge in [-0.05, 0) is 36.6 Å². The van der Waals surface area contributed by atoms with Gasteiger partial charge in [-0.3, -0.25) is 4.79 Å². The van der Waals surface area contributed by atoms with E-state index in [1.807, 2.05) is 17.5 Å². The van der Waals surface area contributed by atoms with Crippen molar-refractivity contribution < 1.29 is 13.6 Å². The van der Waals surface area contributed by atoms with E-state index in [2.05, 4.69) is 0 Å². The fourth-order valence-corrected chi connectivity index (χ4v) is 2.37. The number of thiophene rings is 1. The minimum absolute atomic E-state index is 0.271. The van der Waals surface area contributed by atoms with E-state index in [0.29, 0.717) is 12.2 Å². The highest BCUT2D eigenvalue weighted by Crippen LogP contribution is 2.19. The lowest BCUT2D eigenvalue weighted by Gasteiger charge is -2.19. The number of hydrogen-bond donors (Lipinski definition) is 0. The zero-order valence-corrected chi connectivity index (χ0v) is 11.7. The van der Waals surface area contributed by atoms with Crippen LogP contribution in [-0.4, -0.2) is 12.5 Å². The van der Waals surface area contributed by atoms with Crippen LogP contribution in [0.15, 0.2) is 41.8 Å². The molecule has 0 aliphatic carbocycles. The van der Waals surface area contributed by atoms with Crippen LogP contribution in [0, 0.1) is 11.6 Å². The zero-order valence-electron chi connectivity index (χ0n) is 10.8. The Hall–Kier alpha value is -2.01. The van der Waals surface area contributed by atoms with Crippen molar-refractivity contribution in [3.8, 4) is 0 Å². The minimum Gasteiger partial charge on any atom is -0.309 e. The normalized spacial score (nSPS) is 10.9. The molecule has 0 aliphatic rings. The number of amides is 1. The molecule has 2 aromatic rings. The lowest BCUT2D eigenvalue weighted by molar-refractivity contribution is -0.114. The minimum atomic E-state index is -0.962. The van der Waals surface area contributed by atoms with Gasteiger partial charge in [0.25, 0.3) is 5.91 Å². The molecule has 1 amide bonds. The fourth-order valence-electron chi connectivity index (χ4n) is 1.75. The molecule has 0 fully saturated rings. The molecule has 0 saturated heterocycles. The van der Waals surface area contributed by atoms with Gasteiger partial charge in [-0.15, -0.1) is 11.3 Å². The molecule has 0 spiro atoms. The van der Waals surface area contributed by atoms with Crippen molar-refractivity contribution in [2.75, 3.05) is 11.4 Å². The standard InChI is InChI=1S/C15H13F2NOS/c1-2-18(11-5-7-13(16)14(17)10-11)15(19)8-6-12-4-3-9-20-12/h3-10H,2H2,1H3/b8-6+. The summed E-state index contributed by atoms with van der Waals surface area (Å²) in [7, 11) is 0. The summed E-state index contributed by atoms with van der Waals surface area (Å²) in [4.78, 5) is 14.4. The topological polar surface area (TPSA) is 20.3 Å². The Morgan fingerprint density at radius 2 is 2.10 bits per heavy atom. The van der Waals surface area contributed by atoms with Crippen LogP contribution in [0.4, 0.5) is 14.5 Å². The Balaban J connectivity index is 2.18. The molecule has 5 heteroatoms. The van der Waals surface area contributed by atoms with Crippen LogP contribution in [0.1, 0.15) is 11.8 Å². The highest BCUT2D eigenvalue weighted by molar-refractivity contribution is 7.10. The van der Waals surface area contributed by atoms with Crippen LogP contribution in [0.2, 0.25) is 0 Å². The molecule has 104 valence electrons. The lowest BCUT2D eigenvalue weighted by atomic mass is 10.2. The van der Waals surface area contributed by atoms with Crippen molar-refractivity contribution in [1.29, 1.82) is 0 Å². The molecular weight excluding hydrogens is 280 g/mol. The van der Waals surface area contributed by atoms with Gasteiger partial charge >= 0.3 is 0 Å². The molecule has 20 heavy (non-hydrogen) atoms.